The molecule has 11 heavy (non-hydrogen) atoms. The number of carbonyl (C=O) groups is 1. The Hall–Kier alpha value is -0.833. The van der Waals surface area contributed by atoms with Gasteiger partial charge in [0.15, 0.2) is 0 Å². The fraction of sp³-hybridized carbons (Fsp3) is 0.375. The minimum Gasteiger partial charge on any atom is -0.529 e. The molecule has 0 atom stereocenters. The molecule has 0 aromatic heterocycles. The van der Waals surface area contributed by atoms with Gasteiger partial charge in [-0.25, -0.2) is 0 Å². The molecule has 0 heterocycles. The Morgan fingerprint density at radius 1 is 1.45 bits per heavy atom. The van der Waals surface area contributed by atoms with E-state index in [0.717, 1.165) is 0 Å². The molecule has 0 radical (unpaired) electrons. The maximum Gasteiger partial charge on any atom is 0.295 e. The maximum atomic E-state index is 11.0. The van der Waals surface area contributed by atoms with Crippen LogP contribution in [0.3, 0.4) is 0 Å². The van der Waals surface area contributed by atoms with Crippen molar-refractivity contribution in [3.8, 4) is 0 Å². The van der Waals surface area contributed by atoms with E-state index in [1.165, 1.54) is 0 Å². The molecule has 0 amide bonds. The first kappa shape index (κ1) is 10.2. The van der Waals surface area contributed by atoms with Gasteiger partial charge in [0.2, 0.25) is 10.5 Å². The van der Waals surface area contributed by atoms with E-state index in [1.54, 1.807) is 12.2 Å². The molecule has 0 aliphatic heterocycles. The highest BCUT2D eigenvalue weighted by atomic mass is 28.2. The summed E-state index contributed by atoms with van der Waals surface area (Å²) in [6.07, 6.45) is 4.81. The number of carbonyl (C=O) groups excluding carboxylic acids is 1. The van der Waals surface area contributed by atoms with Gasteiger partial charge in [-0.2, -0.15) is 0 Å². The smallest absolute Gasteiger partial charge is 0.295 e. The van der Waals surface area contributed by atoms with Crippen molar-refractivity contribution < 1.29 is 9.22 Å². The zero-order valence-corrected chi connectivity index (χ0v) is 8.88. The molecule has 0 aromatic carbocycles. The Bertz CT molecular complexity index is 144. The molecule has 0 rings (SSSR count). The van der Waals surface area contributed by atoms with Gasteiger partial charge in [0.05, 0.1) is 5.92 Å². The van der Waals surface area contributed by atoms with E-state index in [2.05, 4.69) is 13.2 Å². The molecule has 3 heteroatoms. The van der Waals surface area contributed by atoms with Crippen LogP contribution in [-0.2, 0) is 9.22 Å². The summed E-state index contributed by atoms with van der Waals surface area (Å²) in [5.41, 5.74) is 0. The highest BCUT2D eigenvalue weighted by Gasteiger charge is 2.14. The molecule has 0 N–H and O–H groups in total. The predicted octanol–water partition coefficient (Wildman–Crippen LogP) is 0.578. The van der Waals surface area contributed by atoms with Crippen molar-refractivity contribution in [2.45, 2.75) is 12.8 Å². The highest BCUT2D eigenvalue weighted by molar-refractivity contribution is 6.05. The van der Waals surface area contributed by atoms with E-state index >= 15 is 0 Å². The minimum absolute atomic E-state index is 0.0671. The first-order chi connectivity index (χ1) is 5.26. The molecule has 0 spiro atoms. The van der Waals surface area contributed by atoms with Crippen molar-refractivity contribution >= 4 is 16.5 Å². The first-order valence-electron chi connectivity index (χ1n) is 3.55. The van der Waals surface area contributed by atoms with Crippen LogP contribution in [0.2, 0.25) is 0 Å². The topological polar surface area (TPSA) is 26.3 Å². The second-order valence-corrected chi connectivity index (χ2v) is 2.68. The summed E-state index contributed by atoms with van der Waals surface area (Å²) in [5.74, 6) is -0.195. The van der Waals surface area contributed by atoms with E-state index < -0.39 is 0 Å². The number of allylic oxidation sites excluding steroid dienone is 2. The average Bonchev–Trinajstić information content (AvgIpc) is 2.03. The minimum atomic E-state index is -0.128. The van der Waals surface area contributed by atoms with Gasteiger partial charge in [-0.3, -0.25) is 4.79 Å². The fourth-order valence-electron chi connectivity index (χ4n) is 0.858. The van der Waals surface area contributed by atoms with Gasteiger partial charge in [0.25, 0.3) is 5.97 Å². The van der Waals surface area contributed by atoms with Gasteiger partial charge in [0, 0.05) is 0 Å². The second kappa shape index (κ2) is 5.92. The van der Waals surface area contributed by atoms with Crippen molar-refractivity contribution in [2.24, 2.45) is 5.92 Å². The third-order valence-corrected chi connectivity index (χ3v) is 1.84. The van der Waals surface area contributed by atoms with E-state index in [1.807, 2.05) is 0 Å². The van der Waals surface area contributed by atoms with Crippen LogP contribution in [0.25, 0.3) is 0 Å². The molecule has 0 fully saturated rings. The van der Waals surface area contributed by atoms with Crippen LogP contribution in [0.5, 0.6) is 0 Å². The van der Waals surface area contributed by atoms with Gasteiger partial charge >= 0.3 is 0 Å². The summed E-state index contributed by atoms with van der Waals surface area (Å²) in [7, 11) is 0.467. The van der Waals surface area contributed by atoms with Gasteiger partial charge < -0.3 is 4.43 Å². The van der Waals surface area contributed by atoms with Crippen LogP contribution in [0.4, 0.5) is 0 Å². The SMILES string of the molecule is C=CCC(CC=C)C(=O)O[SiH3]. The molecular formula is C8H14O2Si. The summed E-state index contributed by atoms with van der Waals surface area (Å²) >= 11 is 0. The van der Waals surface area contributed by atoms with E-state index in [0.29, 0.717) is 23.3 Å². The molecule has 0 aromatic rings. The Morgan fingerprint density at radius 2 is 1.91 bits per heavy atom. The molecule has 0 saturated heterocycles. The molecule has 0 aliphatic carbocycles. The lowest BCUT2D eigenvalue weighted by Crippen LogP contribution is -2.15. The average molecular weight is 170 g/mol. The fourth-order valence-corrected chi connectivity index (χ4v) is 1.19. The molecule has 0 aliphatic rings. The summed E-state index contributed by atoms with van der Waals surface area (Å²) < 4.78 is 4.72. The monoisotopic (exact) mass is 170 g/mol. The van der Waals surface area contributed by atoms with Crippen molar-refractivity contribution in [2.75, 3.05) is 0 Å². The van der Waals surface area contributed by atoms with Crippen molar-refractivity contribution in [3.63, 3.8) is 0 Å². The molecule has 0 saturated carbocycles. The largest absolute Gasteiger partial charge is 0.529 e. The molecule has 0 unspecified atom stereocenters. The van der Waals surface area contributed by atoms with E-state index in [9.17, 15) is 4.79 Å². The molecule has 2 nitrogen and oxygen atoms in total. The van der Waals surface area contributed by atoms with E-state index in [4.69, 9.17) is 4.43 Å². The van der Waals surface area contributed by atoms with Crippen LogP contribution in [0, 0.1) is 5.92 Å². The van der Waals surface area contributed by atoms with E-state index in [-0.39, 0.29) is 11.9 Å². The van der Waals surface area contributed by atoms with Gasteiger partial charge in [0.1, 0.15) is 0 Å². The maximum absolute atomic E-state index is 11.0. The standard InChI is InChI=1S/C8H14O2Si/c1-3-5-7(6-4-2)8(9)10-11/h3-4,7H,1-2,5-6H2,11H3. The van der Waals surface area contributed by atoms with Crippen molar-refractivity contribution in [1.29, 1.82) is 0 Å². The second-order valence-electron chi connectivity index (χ2n) is 2.27. The Kier molecular flexibility index (Phi) is 5.47. The first-order valence-corrected chi connectivity index (χ1v) is 4.37. The summed E-state index contributed by atoms with van der Waals surface area (Å²) in [5, 5.41) is 0. The third-order valence-electron chi connectivity index (χ3n) is 1.44. The summed E-state index contributed by atoms with van der Waals surface area (Å²) in [4.78, 5) is 11.0. The number of hydrogen-bond donors (Lipinski definition) is 0. The number of rotatable bonds is 5. The van der Waals surface area contributed by atoms with Crippen LogP contribution in [-0.4, -0.2) is 16.5 Å². The lowest BCUT2D eigenvalue weighted by atomic mass is 10.0. The molecular weight excluding hydrogens is 156 g/mol. The summed E-state index contributed by atoms with van der Waals surface area (Å²) in [6.45, 7) is 7.14. The van der Waals surface area contributed by atoms with Crippen molar-refractivity contribution in [3.05, 3.63) is 25.3 Å². The van der Waals surface area contributed by atoms with Crippen LogP contribution >= 0.6 is 0 Å². The highest BCUT2D eigenvalue weighted by Crippen LogP contribution is 2.10. The lowest BCUT2D eigenvalue weighted by Gasteiger charge is -2.09. The van der Waals surface area contributed by atoms with Crippen LogP contribution < -0.4 is 0 Å². The van der Waals surface area contributed by atoms with Gasteiger partial charge in [-0.05, 0) is 12.8 Å². The lowest BCUT2D eigenvalue weighted by molar-refractivity contribution is -0.138. The molecule has 0 bridgehead atoms. The normalized spacial score (nSPS) is 9.55. The van der Waals surface area contributed by atoms with Gasteiger partial charge in [-0.1, -0.05) is 12.2 Å². The zero-order valence-electron chi connectivity index (χ0n) is 6.88. The quantitative estimate of drug-likeness (QED) is 0.445. The predicted molar refractivity (Wildman–Crippen MR) is 49.1 cm³/mol. The Morgan fingerprint density at radius 3 is 2.18 bits per heavy atom. The zero-order chi connectivity index (χ0) is 8.69. The van der Waals surface area contributed by atoms with Gasteiger partial charge in [-0.15, -0.1) is 13.2 Å². The Balaban J connectivity index is 3.95. The van der Waals surface area contributed by atoms with Crippen LogP contribution in [0.1, 0.15) is 12.8 Å². The summed E-state index contributed by atoms with van der Waals surface area (Å²) in [6, 6.07) is 0. The third kappa shape index (κ3) is 3.78. The Labute approximate surface area is 70.5 Å². The van der Waals surface area contributed by atoms with Crippen molar-refractivity contribution in [1.82, 2.24) is 0 Å². The molecule has 62 valence electrons. The number of hydrogen-bond acceptors (Lipinski definition) is 2. The van der Waals surface area contributed by atoms with Crippen LogP contribution in [0.15, 0.2) is 25.3 Å².